The summed E-state index contributed by atoms with van der Waals surface area (Å²) in [6.45, 7) is 6.77. The summed E-state index contributed by atoms with van der Waals surface area (Å²) in [5.74, 6) is 0. The number of hydrogen-bond acceptors (Lipinski definition) is 2. The first-order valence-electron chi connectivity index (χ1n) is 8.17. The van der Waals surface area contributed by atoms with Crippen LogP contribution in [-0.4, -0.2) is 18.1 Å². The summed E-state index contributed by atoms with van der Waals surface area (Å²) in [5.41, 5.74) is 4.99. The van der Waals surface area contributed by atoms with Gasteiger partial charge in [0.2, 0.25) is 5.36 Å². The van der Waals surface area contributed by atoms with Crippen molar-refractivity contribution in [3.63, 3.8) is 0 Å². The number of rotatable bonds is 1. The van der Waals surface area contributed by atoms with Crippen molar-refractivity contribution < 1.29 is 0 Å². The van der Waals surface area contributed by atoms with E-state index < -0.39 is 0 Å². The second-order valence-electron chi connectivity index (χ2n) is 6.13. The molecule has 3 aliphatic rings. The highest BCUT2D eigenvalue weighted by atomic mass is 32.1. The zero-order chi connectivity index (χ0) is 15.1. The van der Waals surface area contributed by atoms with E-state index in [1.807, 2.05) is 11.3 Å². The van der Waals surface area contributed by atoms with Crippen molar-refractivity contribution in [2.75, 3.05) is 13.1 Å². The van der Waals surface area contributed by atoms with Gasteiger partial charge in [-0.25, -0.2) is 9.56 Å². The summed E-state index contributed by atoms with van der Waals surface area (Å²) in [5, 5.41) is 1.38. The average Bonchev–Trinajstić information content (AvgIpc) is 3.07. The molecule has 0 aromatic heterocycles. The molecule has 3 heteroatoms. The Hall–Kier alpha value is -1.74. The Morgan fingerprint density at radius 3 is 2.77 bits per heavy atom. The standard InChI is InChI=1S/C19H21N2S/c1-3-14-11-15(21-9-4-5-10-21)12-17-19(14)20-18-13(2)7-6-8-16(18)22-17/h6-8,11-12H,3-5,9-10H2,1-2H3/q+1. The lowest BCUT2D eigenvalue weighted by Crippen LogP contribution is -2.27. The van der Waals surface area contributed by atoms with Gasteiger partial charge >= 0.3 is 0 Å². The van der Waals surface area contributed by atoms with Crippen molar-refractivity contribution in [2.24, 2.45) is 0 Å². The average molecular weight is 309 g/mol. The predicted octanol–water partition coefficient (Wildman–Crippen LogP) is 3.84. The zero-order valence-corrected chi connectivity index (χ0v) is 14.0. The molecule has 1 aliphatic carbocycles. The van der Waals surface area contributed by atoms with Crippen LogP contribution in [0.4, 0.5) is 0 Å². The molecule has 0 N–H and O–H groups in total. The Morgan fingerprint density at radius 2 is 2.00 bits per heavy atom. The summed E-state index contributed by atoms with van der Waals surface area (Å²) < 4.78 is 3.80. The summed E-state index contributed by atoms with van der Waals surface area (Å²) in [7, 11) is 0. The highest BCUT2D eigenvalue weighted by Crippen LogP contribution is 2.33. The first-order chi connectivity index (χ1) is 10.8. The Kier molecular flexibility index (Phi) is 3.45. The minimum absolute atomic E-state index is 1.04. The normalized spacial score (nSPS) is 15.1. The predicted molar refractivity (Wildman–Crippen MR) is 94.6 cm³/mol. The fourth-order valence-corrected chi connectivity index (χ4v) is 4.51. The van der Waals surface area contributed by atoms with Crippen LogP contribution in [0.3, 0.4) is 0 Å². The van der Waals surface area contributed by atoms with Crippen LogP contribution >= 0.6 is 11.3 Å². The Bertz CT molecular complexity index is 884. The van der Waals surface area contributed by atoms with E-state index in [1.165, 1.54) is 57.7 Å². The van der Waals surface area contributed by atoms with E-state index in [1.54, 1.807) is 0 Å². The molecule has 0 bridgehead atoms. The number of hydrogen-bond donors (Lipinski definition) is 0. The molecular formula is C19H21N2S+. The van der Waals surface area contributed by atoms with Crippen LogP contribution in [0.15, 0.2) is 30.3 Å². The first-order valence-corrected chi connectivity index (χ1v) is 8.99. The Morgan fingerprint density at radius 1 is 1.18 bits per heavy atom. The fraction of sp³-hybridized carbons (Fsp3) is 0.368. The maximum atomic E-state index is 5.01. The van der Waals surface area contributed by atoms with Crippen molar-refractivity contribution in [1.82, 2.24) is 9.56 Å². The van der Waals surface area contributed by atoms with E-state index in [-0.39, 0.29) is 0 Å². The van der Waals surface area contributed by atoms with Gasteiger partial charge in [0.15, 0.2) is 0 Å². The van der Waals surface area contributed by atoms with Gasteiger partial charge in [-0.3, -0.25) is 0 Å². The second kappa shape index (κ2) is 5.47. The Labute approximate surface area is 135 Å². The molecule has 2 nitrogen and oxygen atoms in total. The van der Waals surface area contributed by atoms with Crippen molar-refractivity contribution in [3.8, 4) is 10.6 Å². The molecule has 0 amide bonds. The molecule has 1 fully saturated rings. The number of para-hydroxylation sites is 1. The van der Waals surface area contributed by atoms with Crippen molar-refractivity contribution in [3.05, 3.63) is 46.8 Å². The molecule has 0 atom stereocenters. The lowest BCUT2D eigenvalue weighted by molar-refractivity contribution is 0.693. The molecule has 1 aromatic rings. The molecule has 1 aromatic carbocycles. The molecule has 22 heavy (non-hydrogen) atoms. The lowest BCUT2D eigenvalue weighted by atomic mass is 10.1. The maximum Gasteiger partial charge on any atom is 0.201 e. The lowest BCUT2D eigenvalue weighted by Gasteiger charge is -2.11. The quantitative estimate of drug-likeness (QED) is 0.493. The topological polar surface area (TPSA) is 15.9 Å². The molecule has 0 spiro atoms. The summed E-state index contributed by atoms with van der Waals surface area (Å²) in [6.07, 6.45) is 3.67. The van der Waals surface area contributed by atoms with Crippen LogP contribution in [0.1, 0.15) is 30.9 Å². The van der Waals surface area contributed by atoms with Crippen LogP contribution in [-0.2, 0) is 6.42 Å². The van der Waals surface area contributed by atoms with Gasteiger partial charge in [-0.2, -0.15) is 0 Å². The van der Waals surface area contributed by atoms with Gasteiger partial charge in [-0.05, 0) is 30.5 Å². The van der Waals surface area contributed by atoms with E-state index in [0.717, 1.165) is 11.9 Å². The monoisotopic (exact) mass is 309 g/mol. The van der Waals surface area contributed by atoms with E-state index in [9.17, 15) is 0 Å². The summed E-state index contributed by atoms with van der Waals surface area (Å²) in [4.78, 5) is 6.33. The fourth-order valence-electron chi connectivity index (χ4n) is 3.37. The molecular weight excluding hydrogens is 288 g/mol. The third kappa shape index (κ3) is 2.24. The smallest absolute Gasteiger partial charge is 0.201 e. The molecule has 112 valence electrons. The van der Waals surface area contributed by atoms with E-state index >= 15 is 0 Å². The van der Waals surface area contributed by atoms with Crippen LogP contribution in [0.5, 0.6) is 0 Å². The maximum absolute atomic E-state index is 5.01. The number of aromatic nitrogens is 1. The molecule has 0 unspecified atom stereocenters. The number of aryl methyl sites for hydroxylation is 2. The van der Waals surface area contributed by atoms with Gasteiger partial charge in [0.25, 0.3) is 0 Å². The number of benzene rings is 2. The van der Waals surface area contributed by atoms with Crippen molar-refractivity contribution in [1.29, 1.82) is 0 Å². The van der Waals surface area contributed by atoms with Crippen LogP contribution in [0.2, 0.25) is 0 Å². The van der Waals surface area contributed by atoms with Gasteiger partial charge in [-0.1, -0.05) is 19.1 Å². The summed E-state index contributed by atoms with van der Waals surface area (Å²) in [6, 6.07) is 11.2. The van der Waals surface area contributed by atoms with Gasteiger partial charge in [0.1, 0.15) is 13.1 Å². The molecule has 0 saturated carbocycles. The third-order valence-electron chi connectivity index (χ3n) is 4.64. The number of nitrogens with zero attached hydrogens (tertiary/aromatic N) is 2. The highest BCUT2D eigenvalue weighted by Gasteiger charge is 2.18. The molecule has 1 saturated heterocycles. The molecule has 2 aliphatic heterocycles. The third-order valence-corrected chi connectivity index (χ3v) is 5.72. The van der Waals surface area contributed by atoms with Crippen LogP contribution in [0.25, 0.3) is 20.8 Å². The van der Waals surface area contributed by atoms with Crippen LogP contribution in [0, 0.1) is 6.92 Å². The van der Waals surface area contributed by atoms with Gasteiger partial charge in [0.05, 0.1) is 20.8 Å². The minimum Gasteiger partial charge on any atom is -0.245 e. The van der Waals surface area contributed by atoms with Crippen LogP contribution < -0.4 is 9.93 Å². The highest BCUT2D eigenvalue weighted by molar-refractivity contribution is 7.21. The van der Waals surface area contributed by atoms with E-state index in [4.69, 9.17) is 4.98 Å². The van der Waals surface area contributed by atoms with E-state index in [0.29, 0.717) is 0 Å². The number of fused-ring (bicyclic) bond motifs is 2. The first kappa shape index (κ1) is 13.9. The SMILES string of the molecule is CCc1cc(=[N+]2CCCC2)cc2sc3cccc(C)c3nc1-2. The van der Waals surface area contributed by atoms with Gasteiger partial charge in [0, 0.05) is 25.0 Å². The summed E-state index contributed by atoms with van der Waals surface area (Å²) >= 11 is 1.88. The molecule has 2 heterocycles. The molecule has 0 radical (unpaired) electrons. The van der Waals surface area contributed by atoms with Crippen molar-refractivity contribution in [2.45, 2.75) is 33.1 Å². The van der Waals surface area contributed by atoms with Gasteiger partial charge in [-0.15, -0.1) is 11.3 Å². The van der Waals surface area contributed by atoms with Crippen molar-refractivity contribution >= 4 is 21.6 Å². The largest absolute Gasteiger partial charge is 0.245 e. The zero-order valence-electron chi connectivity index (χ0n) is 13.2. The second-order valence-corrected chi connectivity index (χ2v) is 7.22. The minimum atomic E-state index is 1.04. The Balaban J connectivity index is 2.08. The molecule has 4 rings (SSSR count). The van der Waals surface area contributed by atoms with Gasteiger partial charge < -0.3 is 0 Å². The van der Waals surface area contributed by atoms with E-state index in [2.05, 4.69) is 48.8 Å².